The van der Waals surface area contributed by atoms with Gasteiger partial charge in [0.25, 0.3) is 5.91 Å². The first kappa shape index (κ1) is 18.1. The zero-order valence-electron chi connectivity index (χ0n) is 15.7. The lowest BCUT2D eigenvalue weighted by Gasteiger charge is -2.33. The molecule has 0 aromatic carbocycles. The maximum atomic E-state index is 12.5. The van der Waals surface area contributed by atoms with Crippen LogP contribution in [0.5, 0.6) is 0 Å². The average Bonchev–Trinajstić information content (AvgIpc) is 3.25. The minimum absolute atomic E-state index is 0.0969. The SMILES string of the molecule is CCc1cc(N2CCC(NC(=O)c3cc(-c4ccccn4)no3)CC2)ncn1. The Balaban J connectivity index is 1.33. The van der Waals surface area contributed by atoms with Crippen molar-refractivity contribution in [1.29, 1.82) is 0 Å². The minimum Gasteiger partial charge on any atom is -0.356 e. The van der Waals surface area contributed by atoms with Gasteiger partial charge in [0.2, 0.25) is 5.76 Å². The maximum Gasteiger partial charge on any atom is 0.290 e. The second-order valence-electron chi connectivity index (χ2n) is 6.75. The summed E-state index contributed by atoms with van der Waals surface area (Å²) in [6.07, 6.45) is 5.88. The molecule has 1 amide bonds. The molecule has 3 aromatic heterocycles. The van der Waals surface area contributed by atoms with Crippen LogP contribution in [0.3, 0.4) is 0 Å². The van der Waals surface area contributed by atoms with Gasteiger partial charge in [-0.05, 0) is 31.4 Å². The van der Waals surface area contributed by atoms with Gasteiger partial charge in [-0.1, -0.05) is 18.1 Å². The molecule has 3 aromatic rings. The fourth-order valence-corrected chi connectivity index (χ4v) is 3.28. The molecule has 1 saturated heterocycles. The molecular formula is C20H22N6O2. The van der Waals surface area contributed by atoms with E-state index in [1.54, 1.807) is 18.6 Å². The second kappa shape index (κ2) is 8.16. The average molecular weight is 378 g/mol. The number of aromatic nitrogens is 4. The summed E-state index contributed by atoms with van der Waals surface area (Å²) in [4.78, 5) is 27.6. The van der Waals surface area contributed by atoms with Crippen molar-refractivity contribution < 1.29 is 9.32 Å². The lowest BCUT2D eigenvalue weighted by molar-refractivity contribution is 0.0894. The van der Waals surface area contributed by atoms with Crippen LogP contribution < -0.4 is 10.2 Å². The molecule has 144 valence electrons. The molecule has 0 radical (unpaired) electrons. The van der Waals surface area contributed by atoms with Gasteiger partial charge >= 0.3 is 0 Å². The number of hydrogen-bond donors (Lipinski definition) is 1. The molecule has 4 rings (SSSR count). The van der Waals surface area contributed by atoms with Crippen LogP contribution in [-0.4, -0.2) is 45.1 Å². The molecule has 8 heteroatoms. The van der Waals surface area contributed by atoms with Gasteiger partial charge in [-0.3, -0.25) is 9.78 Å². The smallest absolute Gasteiger partial charge is 0.290 e. The zero-order chi connectivity index (χ0) is 19.3. The number of piperidine rings is 1. The molecule has 28 heavy (non-hydrogen) atoms. The third kappa shape index (κ3) is 4.00. The number of nitrogens with one attached hydrogen (secondary N) is 1. The Bertz CT molecular complexity index is 935. The van der Waals surface area contributed by atoms with Crippen molar-refractivity contribution in [2.24, 2.45) is 0 Å². The van der Waals surface area contributed by atoms with Gasteiger partial charge in [0.1, 0.15) is 17.8 Å². The van der Waals surface area contributed by atoms with E-state index in [1.165, 1.54) is 0 Å². The van der Waals surface area contributed by atoms with E-state index in [4.69, 9.17) is 4.52 Å². The number of hydrogen-bond acceptors (Lipinski definition) is 7. The van der Waals surface area contributed by atoms with E-state index in [2.05, 4.69) is 37.2 Å². The topological polar surface area (TPSA) is 97.0 Å². The monoisotopic (exact) mass is 378 g/mol. The minimum atomic E-state index is -0.247. The van der Waals surface area contributed by atoms with Crippen LogP contribution in [0.15, 0.2) is 47.4 Å². The van der Waals surface area contributed by atoms with Crippen molar-refractivity contribution in [1.82, 2.24) is 25.4 Å². The second-order valence-corrected chi connectivity index (χ2v) is 6.75. The molecule has 0 bridgehead atoms. The molecule has 1 fully saturated rings. The number of pyridine rings is 1. The van der Waals surface area contributed by atoms with Crippen molar-refractivity contribution >= 4 is 11.7 Å². The van der Waals surface area contributed by atoms with Crippen molar-refractivity contribution in [2.45, 2.75) is 32.2 Å². The molecular weight excluding hydrogens is 356 g/mol. The standard InChI is InChI=1S/C20H22N6O2/c1-2-14-11-19(23-13-22-14)26-9-6-15(7-10-26)24-20(27)18-12-17(25-28-18)16-5-3-4-8-21-16/h3-5,8,11-13,15H,2,6-7,9-10H2,1H3,(H,24,27). The van der Waals surface area contributed by atoms with Crippen LogP contribution in [0.1, 0.15) is 36.0 Å². The third-order valence-corrected chi connectivity index (χ3v) is 4.89. The highest BCUT2D eigenvalue weighted by Crippen LogP contribution is 2.20. The molecule has 4 heterocycles. The van der Waals surface area contributed by atoms with E-state index in [0.717, 1.165) is 43.9 Å². The first-order chi connectivity index (χ1) is 13.7. The lowest BCUT2D eigenvalue weighted by Crippen LogP contribution is -2.44. The van der Waals surface area contributed by atoms with Gasteiger partial charge in [-0.15, -0.1) is 0 Å². The fourth-order valence-electron chi connectivity index (χ4n) is 3.28. The molecule has 0 spiro atoms. The first-order valence-electron chi connectivity index (χ1n) is 9.48. The summed E-state index contributed by atoms with van der Waals surface area (Å²) in [5, 5.41) is 6.99. The molecule has 8 nitrogen and oxygen atoms in total. The van der Waals surface area contributed by atoms with Gasteiger partial charge in [0.15, 0.2) is 0 Å². The van der Waals surface area contributed by atoms with Gasteiger partial charge in [-0.25, -0.2) is 9.97 Å². The Labute approximate surface area is 163 Å². The van der Waals surface area contributed by atoms with Gasteiger partial charge in [0.05, 0.1) is 5.69 Å². The van der Waals surface area contributed by atoms with Crippen LogP contribution >= 0.6 is 0 Å². The molecule has 0 unspecified atom stereocenters. The number of nitrogens with zero attached hydrogens (tertiary/aromatic N) is 5. The van der Waals surface area contributed by atoms with Gasteiger partial charge in [-0.2, -0.15) is 0 Å². The van der Waals surface area contributed by atoms with E-state index in [1.807, 2.05) is 24.3 Å². The Morgan fingerprint density at radius 2 is 2.04 bits per heavy atom. The van der Waals surface area contributed by atoms with Crippen LogP contribution in [0, 0.1) is 0 Å². The van der Waals surface area contributed by atoms with E-state index in [0.29, 0.717) is 11.4 Å². The van der Waals surface area contributed by atoms with Crippen LogP contribution in [0.4, 0.5) is 5.82 Å². The predicted molar refractivity (Wildman–Crippen MR) is 104 cm³/mol. The van der Waals surface area contributed by atoms with E-state index < -0.39 is 0 Å². The number of carbonyl (C=O) groups excluding carboxylic acids is 1. The largest absolute Gasteiger partial charge is 0.356 e. The summed E-state index contributed by atoms with van der Waals surface area (Å²) in [6.45, 7) is 3.75. The summed E-state index contributed by atoms with van der Waals surface area (Å²) < 4.78 is 5.21. The number of rotatable bonds is 5. The molecule has 1 N–H and O–H groups in total. The fraction of sp³-hybridized carbons (Fsp3) is 0.350. The van der Waals surface area contributed by atoms with Gasteiger partial charge < -0.3 is 14.7 Å². The highest BCUT2D eigenvalue weighted by atomic mass is 16.5. The third-order valence-electron chi connectivity index (χ3n) is 4.89. The van der Waals surface area contributed by atoms with Crippen LogP contribution in [0.25, 0.3) is 11.4 Å². The van der Waals surface area contributed by atoms with E-state index in [-0.39, 0.29) is 17.7 Å². The van der Waals surface area contributed by atoms with Crippen LogP contribution in [-0.2, 0) is 6.42 Å². The lowest BCUT2D eigenvalue weighted by atomic mass is 10.0. The summed E-state index contributed by atoms with van der Waals surface area (Å²) in [6, 6.07) is 9.28. The number of anilines is 1. The molecule has 1 aliphatic heterocycles. The molecule has 0 aliphatic carbocycles. The van der Waals surface area contributed by atoms with Crippen LogP contribution in [0.2, 0.25) is 0 Å². The maximum absolute atomic E-state index is 12.5. The number of aryl methyl sites for hydroxylation is 1. The summed E-state index contributed by atoms with van der Waals surface area (Å²) in [5.74, 6) is 0.904. The number of amides is 1. The summed E-state index contributed by atoms with van der Waals surface area (Å²) in [5.41, 5.74) is 2.26. The Morgan fingerprint density at radius 3 is 2.79 bits per heavy atom. The quantitative estimate of drug-likeness (QED) is 0.728. The number of carbonyl (C=O) groups is 1. The summed E-state index contributed by atoms with van der Waals surface area (Å²) >= 11 is 0. The molecule has 1 aliphatic rings. The van der Waals surface area contributed by atoms with Crippen molar-refractivity contribution in [3.63, 3.8) is 0 Å². The zero-order valence-corrected chi connectivity index (χ0v) is 15.7. The predicted octanol–water partition coefficient (Wildman–Crippen LogP) is 2.49. The van der Waals surface area contributed by atoms with Gasteiger partial charge in [0, 0.05) is 43.2 Å². The molecule has 0 saturated carbocycles. The Hall–Kier alpha value is -3.29. The highest BCUT2D eigenvalue weighted by molar-refractivity contribution is 5.92. The van der Waals surface area contributed by atoms with Crippen molar-refractivity contribution in [2.75, 3.05) is 18.0 Å². The Morgan fingerprint density at radius 1 is 1.18 bits per heavy atom. The van der Waals surface area contributed by atoms with E-state index in [9.17, 15) is 4.79 Å². The normalized spacial score (nSPS) is 14.8. The van der Waals surface area contributed by atoms with Crippen molar-refractivity contribution in [3.8, 4) is 11.4 Å². The summed E-state index contributed by atoms with van der Waals surface area (Å²) in [7, 11) is 0. The van der Waals surface area contributed by atoms with Crippen molar-refractivity contribution in [3.05, 3.63) is 54.3 Å². The van der Waals surface area contributed by atoms with E-state index >= 15 is 0 Å². The molecule has 0 atom stereocenters. The Kier molecular flexibility index (Phi) is 5.27. The highest BCUT2D eigenvalue weighted by Gasteiger charge is 2.24. The first-order valence-corrected chi connectivity index (χ1v) is 9.48.